The van der Waals surface area contributed by atoms with Crippen LogP contribution in [-0.4, -0.2) is 55.8 Å². The normalized spacial score (nSPS) is 12.2. The highest BCUT2D eigenvalue weighted by Crippen LogP contribution is 2.21. The Hall–Kier alpha value is -3.20. The summed E-state index contributed by atoms with van der Waals surface area (Å²) >= 11 is 0. The van der Waals surface area contributed by atoms with E-state index in [-0.39, 0.29) is 30.0 Å². The van der Waals surface area contributed by atoms with E-state index in [4.69, 9.17) is 0 Å². The number of benzene rings is 2. The van der Waals surface area contributed by atoms with Gasteiger partial charge in [0, 0.05) is 18.2 Å². The number of carbonyl (C=O) groups is 3. The van der Waals surface area contributed by atoms with Gasteiger partial charge in [0.15, 0.2) is 5.78 Å². The third kappa shape index (κ3) is 7.92. The largest absolute Gasteiger partial charge is 0.352 e. The summed E-state index contributed by atoms with van der Waals surface area (Å²) in [5.41, 5.74) is 2.39. The Morgan fingerprint density at radius 1 is 1.03 bits per heavy atom. The maximum Gasteiger partial charge on any atom is 0.244 e. The van der Waals surface area contributed by atoms with Gasteiger partial charge >= 0.3 is 0 Å². The van der Waals surface area contributed by atoms with Crippen LogP contribution in [0.5, 0.6) is 0 Å². The summed E-state index contributed by atoms with van der Waals surface area (Å²) in [4.78, 5) is 39.9. The van der Waals surface area contributed by atoms with Crippen LogP contribution in [0.1, 0.15) is 55.6 Å². The first kappa shape index (κ1) is 28.0. The summed E-state index contributed by atoms with van der Waals surface area (Å²) in [5.74, 6) is -1.03. The molecule has 2 amide bonds. The van der Waals surface area contributed by atoms with Crippen molar-refractivity contribution in [2.75, 3.05) is 17.1 Å². The van der Waals surface area contributed by atoms with E-state index in [1.807, 2.05) is 52.0 Å². The second kappa shape index (κ2) is 12.0. The number of nitrogens with one attached hydrogen (secondary N) is 1. The van der Waals surface area contributed by atoms with Crippen molar-refractivity contribution in [1.29, 1.82) is 0 Å². The molecule has 1 atom stereocenters. The maximum atomic E-state index is 13.6. The molecule has 0 spiro atoms. The third-order valence-corrected chi connectivity index (χ3v) is 6.61. The Bertz CT molecular complexity index is 1180. The predicted octanol–water partition coefficient (Wildman–Crippen LogP) is 3.30. The van der Waals surface area contributed by atoms with E-state index in [1.165, 1.54) is 24.0 Å². The molecule has 35 heavy (non-hydrogen) atoms. The van der Waals surface area contributed by atoms with Gasteiger partial charge < -0.3 is 10.2 Å². The first-order valence-corrected chi connectivity index (χ1v) is 13.4. The summed E-state index contributed by atoms with van der Waals surface area (Å²) in [6.07, 6.45) is 1.36. The molecule has 0 aliphatic rings. The lowest BCUT2D eigenvalue weighted by Crippen LogP contribution is -2.53. The van der Waals surface area contributed by atoms with Crippen molar-refractivity contribution in [3.05, 3.63) is 65.2 Å². The smallest absolute Gasteiger partial charge is 0.244 e. The van der Waals surface area contributed by atoms with E-state index in [9.17, 15) is 22.8 Å². The lowest BCUT2D eigenvalue weighted by atomic mass is 10.1. The van der Waals surface area contributed by atoms with Gasteiger partial charge in [-0.05, 0) is 51.8 Å². The minimum absolute atomic E-state index is 0.116. The highest BCUT2D eigenvalue weighted by atomic mass is 32.2. The van der Waals surface area contributed by atoms with Gasteiger partial charge in [0.2, 0.25) is 21.8 Å². The summed E-state index contributed by atoms with van der Waals surface area (Å²) in [7, 11) is -3.87. The lowest BCUT2D eigenvalue weighted by molar-refractivity contribution is -0.140. The Balaban J connectivity index is 2.48. The molecule has 0 bridgehead atoms. The molecule has 0 aliphatic heterocycles. The van der Waals surface area contributed by atoms with Crippen LogP contribution < -0.4 is 9.62 Å². The highest BCUT2D eigenvalue weighted by Gasteiger charge is 2.32. The Labute approximate surface area is 208 Å². The van der Waals surface area contributed by atoms with E-state index in [1.54, 1.807) is 12.1 Å². The summed E-state index contributed by atoms with van der Waals surface area (Å²) < 4.78 is 26.3. The predicted molar refractivity (Wildman–Crippen MR) is 138 cm³/mol. The van der Waals surface area contributed by atoms with Crippen LogP contribution in [0, 0.1) is 6.92 Å². The van der Waals surface area contributed by atoms with Crippen molar-refractivity contribution >= 4 is 33.3 Å². The van der Waals surface area contributed by atoms with Crippen LogP contribution in [0.4, 0.5) is 5.69 Å². The fourth-order valence-electron chi connectivity index (χ4n) is 3.80. The van der Waals surface area contributed by atoms with E-state index < -0.39 is 28.5 Å². The van der Waals surface area contributed by atoms with Crippen LogP contribution in [-0.2, 0) is 26.2 Å². The van der Waals surface area contributed by atoms with Crippen LogP contribution >= 0.6 is 0 Å². The van der Waals surface area contributed by atoms with Crippen molar-refractivity contribution in [1.82, 2.24) is 10.2 Å². The molecule has 2 aromatic carbocycles. The number of hydrogen-bond acceptors (Lipinski definition) is 5. The molecule has 0 saturated heterocycles. The maximum absolute atomic E-state index is 13.6. The Kier molecular flexibility index (Phi) is 9.59. The number of nitrogens with zero attached hydrogens (tertiary/aromatic N) is 2. The number of ketones is 1. The molecule has 0 unspecified atom stereocenters. The highest BCUT2D eigenvalue weighted by molar-refractivity contribution is 7.92. The van der Waals surface area contributed by atoms with Crippen LogP contribution in [0.15, 0.2) is 48.5 Å². The first-order valence-electron chi connectivity index (χ1n) is 11.6. The summed E-state index contributed by atoms with van der Waals surface area (Å²) in [5, 5.41) is 2.86. The zero-order chi connectivity index (χ0) is 26.3. The fraction of sp³-hybridized carbons (Fsp3) is 0.423. The van der Waals surface area contributed by atoms with Crippen molar-refractivity contribution in [2.24, 2.45) is 0 Å². The van der Waals surface area contributed by atoms with Crippen molar-refractivity contribution in [3.8, 4) is 0 Å². The molecular weight excluding hydrogens is 466 g/mol. The molecular formula is C26H35N3O5S. The molecule has 2 aromatic rings. The second-order valence-corrected chi connectivity index (χ2v) is 10.9. The lowest BCUT2D eigenvalue weighted by Gasteiger charge is -2.33. The molecule has 0 aromatic heterocycles. The minimum atomic E-state index is -3.87. The van der Waals surface area contributed by atoms with Crippen molar-refractivity contribution in [3.63, 3.8) is 0 Å². The van der Waals surface area contributed by atoms with E-state index in [2.05, 4.69) is 5.32 Å². The molecule has 9 heteroatoms. The molecule has 0 aliphatic carbocycles. The molecule has 2 rings (SSSR count). The van der Waals surface area contributed by atoms with Crippen molar-refractivity contribution in [2.45, 2.75) is 59.7 Å². The fourth-order valence-corrected chi connectivity index (χ4v) is 4.64. The molecule has 190 valence electrons. The number of anilines is 1. The Morgan fingerprint density at radius 3 is 2.23 bits per heavy atom. The summed E-state index contributed by atoms with van der Waals surface area (Å²) in [6.45, 7) is 8.46. The quantitative estimate of drug-likeness (QED) is 0.476. The molecule has 0 heterocycles. The van der Waals surface area contributed by atoms with Gasteiger partial charge in [-0.1, -0.05) is 48.9 Å². The SMILES string of the molecule is CC[C@H](C(=O)NC(C)C)N(Cc1cccc(C)c1)C(=O)CN(c1cccc(C(C)=O)c1)S(C)(=O)=O. The van der Waals surface area contributed by atoms with Crippen LogP contribution in [0.3, 0.4) is 0 Å². The van der Waals surface area contributed by atoms with Crippen molar-refractivity contribution < 1.29 is 22.8 Å². The average molecular weight is 502 g/mol. The van der Waals surface area contributed by atoms with Gasteiger partial charge in [-0.25, -0.2) is 8.42 Å². The topological polar surface area (TPSA) is 104 Å². The molecule has 1 N–H and O–H groups in total. The monoisotopic (exact) mass is 501 g/mol. The average Bonchev–Trinajstić information content (AvgIpc) is 2.76. The zero-order valence-corrected chi connectivity index (χ0v) is 22.1. The summed E-state index contributed by atoms with van der Waals surface area (Å²) in [6, 6.07) is 12.8. The van der Waals surface area contributed by atoms with Gasteiger partial charge in [-0.3, -0.25) is 18.7 Å². The zero-order valence-electron chi connectivity index (χ0n) is 21.2. The number of rotatable bonds is 11. The molecule has 0 saturated carbocycles. The van der Waals surface area contributed by atoms with Gasteiger partial charge in [0.1, 0.15) is 12.6 Å². The number of sulfonamides is 1. The number of amides is 2. The molecule has 8 nitrogen and oxygen atoms in total. The van der Waals surface area contributed by atoms with Crippen LogP contribution in [0.2, 0.25) is 0 Å². The minimum Gasteiger partial charge on any atom is -0.352 e. The van der Waals surface area contributed by atoms with Gasteiger partial charge in [0.05, 0.1) is 11.9 Å². The van der Waals surface area contributed by atoms with Gasteiger partial charge in [-0.2, -0.15) is 0 Å². The van der Waals surface area contributed by atoms with E-state index in [0.717, 1.165) is 21.7 Å². The molecule has 0 radical (unpaired) electrons. The van der Waals surface area contributed by atoms with Gasteiger partial charge in [-0.15, -0.1) is 0 Å². The van der Waals surface area contributed by atoms with E-state index in [0.29, 0.717) is 12.0 Å². The van der Waals surface area contributed by atoms with E-state index >= 15 is 0 Å². The van der Waals surface area contributed by atoms with Gasteiger partial charge in [0.25, 0.3) is 0 Å². The number of aryl methyl sites for hydroxylation is 1. The Morgan fingerprint density at radius 2 is 1.69 bits per heavy atom. The first-order chi connectivity index (χ1) is 16.3. The molecule has 0 fully saturated rings. The standard InChI is InChI=1S/C26H35N3O5S/c1-7-24(26(32)27-18(2)3)28(16-21-11-8-10-19(4)14-21)25(31)17-29(35(6,33)34)23-13-9-12-22(15-23)20(5)30/h8-15,18,24H,7,16-17H2,1-6H3,(H,27,32)/t24-/m1/s1. The third-order valence-electron chi connectivity index (χ3n) is 5.47. The number of Topliss-reactive ketones (excluding diaryl/α,β-unsaturated/α-hetero) is 1. The number of hydrogen-bond donors (Lipinski definition) is 1. The number of carbonyl (C=O) groups excluding carboxylic acids is 3. The second-order valence-electron chi connectivity index (χ2n) is 8.97. The van der Waals surface area contributed by atoms with Crippen LogP contribution in [0.25, 0.3) is 0 Å².